The number of nitrogens with two attached hydrogens (primary N) is 2. The van der Waals surface area contributed by atoms with E-state index in [1.807, 2.05) is 24.3 Å². The van der Waals surface area contributed by atoms with Gasteiger partial charge in [0.2, 0.25) is 5.95 Å². The molecule has 3 rings (SSSR count). The van der Waals surface area contributed by atoms with Crippen LogP contribution in [0.15, 0.2) is 30.5 Å². The predicted octanol–water partition coefficient (Wildman–Crippen LogP) is 6.06. The van der Waals surface area contributed by atoms with Crippen molar-refractivity contribution in [3.8, 4) is 23.3 Å². The van der Waals surface area contributed by atoms with Gasteiger partial charge in [-0.15, -0.1) is 0 Å². The molecule has 0 fully saturated rings. The number of nitrogen functional groups attached to an aromatic ring is 2. The van der Waals surface area contributed by atoms with Gasteiger partial charge in [-0.2, -0.15) is 10.2 Å². The second kappa shape index (κ2) is 12.4. The zero-order valence-electron chi connectivity index (χ0n) is 16.4. The summed E-state index contributed by atoms with van der Waals surface area (Å²) in [5.41, 5.74) is 13.6. The molecule has 0 aliphatic heterocycles. The molecule has 2 aromatic carbocycles. The summed E-state index contributed by atoms with van der Waals surface area (Å²) in [5, 5.41) is 8.36. The minimum atomic E-state index is 0.106. The fourth-order valence-corrected chi connectivity index (χ4v) is 4.54. The first-order chi connectivity index (χ1) is 14.6. The van der Waals surface area contributed by atoms with E-state index < -0.39 is 0 Å². The molecule has 4 N–H and O–H groups in total. The molecule has 0 aliphatic carbocycles. The SMILES string of the molecule is Cc1cc(I)c(OCC#N)cc1I.Cc1cc(I)c(Oc2cnc(N)nc2N)cc1I. The van der Waals surface area contributed by atoms with Gasteiger partial charge < -0.3 is 20.9 Å². The van der Waals surface area contributed by atoms with Crippen molar-refractivity contribution in [2.45, 2.75) is 13.8 Å². The Morgan fingerprint density at radius 2 is 1.42 bits per heavy atom. The second-order valence-electron chi connectivity index (χ2n) is 6.09. The van der Waals surface area contributed by atoms with Crippen LogP contribution in [-0.2, 0) is 0 Å². The van der Waals surface area contributed by atoms with Crippen LogP contribution in [0.2, 0.25) is 0 Å². The van der Waals surface area contributed by atoms with Gasteiger partial charge in [0.15, 0.2) is 18.2 Å². The van der Waals surface area contributed by atoms with Gasteiger partial charge in [0, 0.05) is 7.14 Å². The van der Waals surface area contributed by atoms with Gasteiger partial charge in [-0.1, -0.05) is 0 Å². The first kappa shape index (κ1) is 26.4. The van der Waals surface area contributed by atoms with E-state index in [0.29, 0.717) is 5.75 Å². The van der Waals surface area contributed by atoms with Crippen LogP contribution in [0.4, 0.5) is 11.8 Å². The molecule has 11 heteroatoms. The topological polar surface area (TPSA) is 120 Å². The summed E-state index contributed by atoms with van der Waals surface area (Å²) in [5.74, 6) is 2.28. The van der Waals surface area contributed by atoms with E-state index in [4.69, 9.17) is 26.2 Å². The Balaban J connectivity index is 0.000000233. The third-order valence-electron chi connectivity index (χ3n) is 3.74. The summed E-state index contributed by atoms with van der Waals surface area (Å²) in [7, 11) is 0. The summed E-state index contributed by atoms with van der Waals surface area (Å²) in [6.07, 6.45) is 1.47. The zero-order chi connectivity index (χ0) is 23.1. The number of nitrogens with zero attached hydrogens (tertiary/aromatic N) is 3. The van der Waals surface area contributed by atoms with Gasteiger partial charge >= 0.3 is 0 Å². The van der Waals surface area contributed by atoms with Crippen molar-refractivity contribution in [3.05, 3.63) is 55.9 Å². The van der Waals surface area contributed by atoms with Crippen molar-refractivity contribution in [1.29, 1.82) is 5.26 Å². The molecule has 0 aliphatic rings. The number of rotatable bonds is 4. The number of hydrogen-bond donors (Lipinski definition) is 2. The highest BCUT2D eigenvalue weighted by Crippen LogP contribution is 2.32. The van der Waals surface area contributed by atoms with Crippen molar-refractivity contribution >= 4 is 102 Å². The van der Waals surface area contributed by atoms with E-state index in [0.717, 1.165) is 25.8 Å². The maximum absolute atomic E-state index is 8.36. The number of nitriles is 1. The second-order valence-corrected chi connectivity index (χ2v) is 10.7. The quantitative estimate of drug-likeness (QED) is 0.307. The number of halogens is 4. The summed E-state index contributed by atoms with van der Waals surface area (Å²) in [6.45, 7) is 4.21. The van der Waals surface area contributed by atoms with E-state index in [-0.39, 0.29) is 18.4 Å². The van der Waals surface area contributed by atoms with Gasteiger partial charge in [-0.25, -0.2) is 4.98 Å². The molecule has 0 radical (unpaired) electrons. The van der Waals surface area contributed by atoms with Crippen molar-refractivity contribution in [2.24, 2.45) is 0 Å². The molecular formula is C20H17I4N5O2. The van der Waals surface area contributed by atoms with Crippen LogP contribution in [0, 0.1) is 39.5 Å². The highest BCUT2D eigenvalue weighted by atomic mass is 127. The van der Waals surface area contributed by atoms with Crippen LogP contribution in [0.25, 0.3) is 0 Å². The van der Waals surface area contributed by atoms with Crippen LogP contribution in [0.1, 0.15) is 11.1 Å². The van der Waals surface area contributed by atoms with E-state index in [1.165, 1.54) is 17.3 Å². The number of ether oxygens (including phenoxy) is 2. The summed E-state index contributed by atoms with van der Waals surface area (Å²) in [6, 6.07) is 9.95. The number of hydrogen-bond acceptors (Lipinski definition) is 7. The average molecular weight is 867 g/mol. The minimum absolute atomic E-state index is 0.106. The zero-order valence-corrected chi connectivity index (χ0v) is 25.0. The van der Waals surface area contributed by atoms with Gasteiger partial charge in [-0.3, -0.25) is 0 Å². The summed E-state index contributed by atoms with van der Waals surface area (Å²) < 4.78 is 15.3. The lowest BCUT2D eigenvalue weighted by Gasteiger charge is -2.11. The molecule has 0 saturated carbocycles. The Labute approximate surface area is 235 Å². The molecule has 1 heterocycles. The number of anilines is 2. The molecule has 0 bridgehead atoms. The minimum Gasteiger partial charge on any atom is -0.478 e. The average Bonchev–Trinajstić information content (AvgIpc) is 2.70. The van der Waals surface area contributed by atoms with Crippen molar-refractivity contribution in [2.75, 3.05) is 18.1 Å². The summed E-state index contributed by atoms with van der Waals surface area (Å²) in [4.78, 5) is 7.72. The molecule has 31 heavy (non-hydrogen) atoms. The van der Waals surface area contributed by atoms with Crippen molar-refractivity contribution < 1.29 is 9.47 Å². The van der Waals surface area contributed by atoms with Gasteiger partial charge in [-0.05, 0) is 140 Å². The van der Waals surface area contributed by atoms with Crippen LogP contribution in [0.3, 0.4) is 0 Å². The van der Waals surface area contributed by atoms with Crippen molar-refractivity contribution in [3.63, 3.8) is 0 Å². The first-order valence-corrected chi connectivity index (χ1v) is 12.9. The molecule has 162 valence electrons. The fraction of sp³-hybridized carbons (Fsp3) is 0.150. The van der Waals surface area contributed by atoms with Gasteiger partial charge in [0.1, 0.15) is 17.6 Å². The number of aryl methyl sites for hydroxylation is 2. The molecule has 0 saturated heterocycles. The highest BCUT2D eigenvalue weighted by molar-refractivity contribution is 14.1. The van der Waals surface area contributed by atoms with Crippen LogP contribution >= 0.6 is 90.4 Å². The fourth-order valence-electron chi connectivity index (χ4n) is 2.15. The van der Waals surface area contributed by atoms with Gasteiger partial charge in [0.05, 0.1) is 13.3 Å². The lowest BCUT2D eigenvalue weighted by molar-refractivity contribution is 0.365. The third-order valence-corrected chi connectivity index (χ3v) is 7.75. The largest absolute Gasteiger partial charge is 0.478 e. The van der Waals surface area contributed by atoms with Crippen LogP contribution in [0.5, 0.6) is 17.2 Å². The normalized spacial score (nSPS) is 9.97. The highest BCUT2D eigenvalue weighted by Gasteiger charge is 2.10. The standard InChI is InChI=1S/C11H10I2N4O.C9H7I2NO/c1-5-2-7(13)8(3-6(5)12)18-9-4-16-11(15)17-10(9)14;1-6-4-8(11)9(5-7(6)10)13-3-2-12/h2-4H,1H3,(H4,14,15,16,17);4-5H,3H2,1H3. The molecule has 3 aromatic rings. The van der Waals surface area contributed by atoms with Gasteiger partial charge in [0.25, 0.3) is 0 Å². The Bertz CT molecular complexity index is 1140. The Hall–Kier alpha value is -0.870. The third kappa shape index (κ3) is 7.89. The lowest BCUT2D eigenvalue weighted by Crippen LogP contribution is -2.02. The van der Waals surface area contributed by atoms with E-state index in [9.17, 15) is 0 Å². The molecule has 1 aromatic heterocycles. The maximum Gasteiger partial charge on any atom is 0.222 e. The van der Waals surface area contributed by atoms with E-state index in [1.54, 1.807) is 0 Å². The Morgan fingerprint density at radius 1 is 0.871 bits per heavy atom. The van der Waals surface area contributed by atoms with E-state index in [2.05, 4.69) is 120 Å². The molecule has 7 nitrogen and oxygen atoms in total. The van der Waals surface area contributed by atoms with E-state index >= 15 is 0 Å². The molecule has 0 unspecified atom stereocenters. The number of benzene rings is 2. The van der Waals surface area contributed by atoms with Crippen LogP contribution < -0.4 is 20.9 Å². The van der Waals surface area contributed by atoms with Crippen LogP contribution in [-0.4, -0.2) is 16.6 Å². The van der Waals surface area contributed by atoms with Crippen molar-refractivity contribution in [1.82, 2.24) is 9.97 Å². The Kier molecular flexibility index (Phi) is 10.5. The first-order valence-electron chi connectivity index (χ1n) is 8.59. The monoisotopic (exact) mass is 867 g/mol. The molecular weight excluding hydrogens is 850 g/mol. The Morgan fingerprint density at radius 3 is 1.97 bits per heavy atom. The maximum atomic E-state index is 8.36. The molecule has 0 atom stereocenters. The smallest absolute Gasteiger partial charge is 0.222 e. The predicted molar refractivity (Wildman–Crippen MR) is 155 cm³/mol. The molecule has 0 spiro atoms. The summed E-state index contributed by atoms with van der Waals surface area (Å²) >= 11 is 8.93. The number of aromatic nitrogens is 2. The molecule has 0 amide bonds. The lowest BCUT2D eigenvalue weighted by atomic mass is 10.2.